The van der Waals surface area contributed by atoms with Gasteiger partial charge < -0.3 is 18.9 Å². The number of carbonyl (C=O) groups is 2. The summed E-state index contributed by atoms with van der Waals surface area (Å²) in [5, 5.41) is 0. The molecule has 0 aliphatic carbocycles. The molecule has 0 rings (SSSR count). The van der Waals surface area contributed by atoms with Gasteiger partial charge in [-0.15, -0.1) is 0 Å². The highest BCUT2D eigenvalue weighted by molar-refractivity contribution is 7.47. The van der Waals surface area contributed by atoms with Crippen LogP contribution in [0.4, 0.5) is 0 Å². The summed E-state index contributed by atoms with van der Waals surface area (Å²) in [6.45, 7) is 4.40. The van der Waals surface area contributed by atoms with Crippen molar-refractivity contribution in [2.45, 2.75) is 193 Å². The molecule has 0 spiro atoms. The third-order valence-electron chi connectivity index (χ3n) is 9.05. The number of phosphoric ester groups is 1. The number of allylic oxidation sites excluding steroid dienone is 2. The van der Waals surface area contributed by atoms with E-state index in [-0.39, 0.29) is 25.6 Å². The van der Waals surface area contributed by atoms with Gasteiger partial charge >= 0.3 is 19.8 Å². The Labute approximate surface area is 314 Å². The van der Waals surface area contributed by atoms with Crippen molar-refractivity contribution in [3.05, 3.63) is 12.2 Å². The van der Waals surface area contributed by atoms with Crippen LogP contribution in [0.15, 0.2) is 12.2 Å². The van der Waals surface area contributed by atoms with Crippen LogP contribution in [-0.2, 0) is 32.7 Å². The molecule has 0 saturated heterocycles. The van der Waals surface area contributed by atoms with Crippen LogP contribution in [0, 0.1) is 0 Å². The maximum atomic E-state index is 12.6. The fourth-order valence-corrected chi connectivity index (χ4v) is 6.46. The minimum Gasteiger partial charge on any atom is -0.462 e. The molecule has 1 unspecified atom stereocenters. The monoisotopic (exact) mass is 747 g/mol. The van der Waals surface area contributed by atoms with Crippen LogP contribution < -0.4 is 0 Å². The maximum absolute atomic E-state index is 12.6. The van der Waals surface area contributed by atoms with Crippen molar-refractivity contribution in [1.82, 2.24) is 0 Å². The molecule has 10 heteroatoms. The quantitative estimate of drug-likeness (QED) is 0.0219. The number of quaternary nitrogens is 1. The number of carbonyl (C=O) groups excluding carboxylic acids is 2. The number of rotatable bonds is 38. The lowest BCUT2D eigenvalue weighted by Gasteiger charge is -2.24. The van der Waals surface area contributed by atoms with E-state index in [0.717, 1.165) is 51.4 Å². The SMILES string of the molecule is CCCCC/C=C/CCCCCCCC(=O)O[C@H](COC(=O)CCCCCCCCCCCCCCCCC)COP(=O)(O)OCC[N+](C)(C)C. The Balaban J connectivity index is 4.36. The van der Waals surface area contributed by atoms with Crippen LogP contribution in [0.2, 0.25) is 0 Å². The van der Waals surface area contributed by atoms with E-state index in [2.05, 4.69) is 26.0 Å². The molecule has 0 aromatic carbocycles. The Morgan fingerprint density at radius 2 is 1.00 bits per heavy atom. The van der Waals surface area contributed by atoms with Gasteiger partial charge in [0.2, 0.25) is 0 Å². The van der Waals surface area contributed by atoms with Crippen molar-refractivity contribution in [3.63, 3.8) is 0 Å². The molecule has 0 aromatic heterocycles. The first kappa shape index (κ1) is 49.8. The average Bonchev–Trinajstić information content (AvgIpc) is 3.07. The maximum Gasteiger partial charge on any atom is 0.472 e. The third kappa shape index (κ3) is 38.3. The predicted octanol–water partition coefficient (Wildman–Crippen LogP) is 11.4. The molecule has 0 fully saturated rings. The molecule has 0 aliphatic heterocycles. The average molecular weight is 747 g/mol. The lowest BCUT2D eigenvalue weighted by molar-refractivity contribution is -0.870. The fourth-order valence-electron chi connectivity index (χ4n) is 5.71. The van der Waals surface area contributed by atoms with E-state index >= 15 is 0 Å². The molecule has 0 bridgehead atoms. The molecule has 0 saturated carbocycles. The summed E-state index contributed by atoms with van der Waals surface area (Å²) < 4.78 is 34.2. The first-order valence-electron chi connectivity index (χ1n) is 20.9. The number of unbranched alkanes of at least 4 members (excludes halogenated alkanes) is 22. The molecule has 0 aromatic rings. The van der Waals surface area contributed by atoms with Gasteiger partial charge in [-0.1, -0.05) is 148 Å². The van der Waals surface area contributed by atoms with Crippen LogP contribution >= 0.6 is 7.82 Å². The molecule has 0 radical (unpaired) electrons. The third-order valence-corrected chi connectivity index (χ3v) is 10.0. The summed E-state index contributed by atoms with van der Waals surface area (Å²) in [6, 6.07) is 0. The Morgan fingerprint density at radius 3 is 1.49 bits per heavy atom. The zero-order valence-electron chi connectivity index (χ0n) is 33.9. The normalized spacial score (nSPS) is 13.8. The van der Waals surface area contributed by atoms with E-state index in [1.54, 1.807) is 0 Å². The number of hydrogen-bond acceptors (Lipinski definition) is 7. The summed E-state index contributed by atoms with van der Waals surface area (Å²) in [5.74, 6) is -0.802. The summed E-state index contributed by atoms with van der Waals surface area (Å²) >= 11 is 0. The summed E-state index contributed by atoms with van der Waals surface area (Å²) in [6.07, 6.45) is 33.9. The molecule has 2 atom stereocenters. The van der Waals surface area contributed by atoms with Crippen molar-refractivity contribution >= 4 is 19.8 Å². The zero-order chi connectivity index (χ0) is 37.9. The van der Waals surface area contributed by atoms with E-state index in [1.165, 1.54) is 103 Å². The molecule has 0 aliphatic rings. The van der Waals surface area contributed by atoms with Crippen LogP contribution in [0.5, 0.6) is 0 Å². The zero-order valence-corrected chi connectivity index (χ0v) is 34.7. The standard InChI is InChI=1S/C41H80NO8P/c1-6-8-10-12-14-16-18-20-21-22-24-25-27-29-31-33-40(43)47-37-39(38-49-51(45,46)48-36-35-42(3,4)5)50-41(44)34-32-30-28-26-23-19-17-15-13-11-9-7-2/h15,17,39H,6-14,16,18-38H2,1-5H3/p+1/b17-15+/t39-/m1/s1. The second-order valence-electron chi connectivity index (χ2n) is 15.4. The smallest absolute Gasteiger partial charge is 0.462 e. The van der Waals surface area contributed by atoms with E-state index in [4.69, 9.17) is 18.5 Å². The Bertz CT molecular complexity index is 891. The van der Waals surface area contributed by atoms with Crippen molar-refractivity contribution in [3.8, 4) is 0 Å². The second-order valence-corrected chi connectivity index (χ2v) is 16.8. The predicted molar refractivity (Wildman–Crippen MR) is 211 cm³/mol. The van der Waals surface area contributed by atoms with Gasteiger partial charge in [0.05, 0.1) is 27.7 Å². The molecule has 1 N–H and O–H groups in total. The topological polar surface area (TPSA) is 108 Å². The van der Waals surface area contributed by atoms with E-state index < -0.39 is 26.5 Å². The van der Waals surface area contributed by atoms with Gasteiger partial charge in [0, 0.05) is 12.8 Å². The van der Waals surface area contributed by atoms with Crippen LogP contribution in [-0.4, -0.2) is 74.9 Å². The molecular weight excluding hydrogens is 665 g/mol. The van der Waals surface area contributed by atoms with Crippen molar-refractivity contribution in [2.24, 2.45) is 0 Å². The van der Waals surface area contributed by atoms with Crippen LogP contribution in [0.1, 0.15) is 187 Å². The van der Waals surface area contributed by atoms with Gasteiger partial charge in [-0.2, -0.15) is 0 Å². The molecule has 0 heterocycles. The van der Waals surface area contributed by atoms with Gasteiger partial charge in [0.1, 0.15) is 19.8 Å². The van der Waals surface area contributed by atoms with Gasteiger partial charge in [-0.25, -0.2) is 4.57 Å². The lowest BCUT2D eigenvalue weighted by Crippen LogP contribution is -2.37. The number of esters is 2. The fraction of sp³-hybridized carbons (Fsp3) is 0.902. The summed E-state index contributed by atoms with van der Waals surface area (Å²) in [5.41, 5.74) is 0. The lowest BCUT2D eigenvalue weighted by atomic mass is 10.0. The van der Waals surface area contributed by atoms with Gasteiger partial charge in [-0.3, -0.25) is 18.6 Å². The molecule has 302 valence electrons. The number of likely N-dealkylation sites (N-methyl/N-ethyl adjacent to an activating group) is 1. The first-order chi connectivity index (χ1) is 24.5. The highest BCUT2D eigenvalue weighted by atomic mass is 31.2. The summed E-state index contributed by atoms with van der Waals surface area (Å²) in [7, 11) is 1.48. The Hall–Kier alpha value is -1.25. The highest BCUT2D eigenvalue weighted by Gasteiger charge is 2.27. The first-order valence-corrected chi connectivity index (χ1v) is 22.4. The molecule has 9 nitrogen and oxygen atoms in total. The van der Waals surface area contributed by atoms with E-state index in [1.807, 2.05) is 21.1 Å². The number of phosphoric acid groups is 1. The molecule has 51 heavy (non-hydrogen) atoms. The largest absolute Gasteiger partial charge is 0.472 e. The minimum atomic E-state index is -4.37. The Morgan fingerprint density at radius 1 is 0.588 bits per heavy atom. The highest BCUT2D eigenvalue weighted by Crippen LogP contribution is 2.43. The number of ether oxygens (including phenoxy) is 2. The molecular formula is C41H81NO8P+. The van der Waals surface area contributed by atoms with Gasteiger partial charge in [0.25, 0.3) is 0 Å². The van der Waals surface area contributed by atoms with Gasteiger partial charge in [-0.05, 0) is 38.5 Å². The van der Waals surface area contributed by atoms with Crippen LogP contribution in [0.25, 0.3) is 0 Å². The van der Waals surface area contributed by atoms with Crippen molar-refractivity contribution < 1.29 is 42.1 Å². The number of hydrogen-bond donors (Lipinski definition) is 1. The van der Waals surface area contributed by atoms with Crippen molar-refractivity contribution in [1.29, 1.82) is 0 Å². The molecule has 0 amide bonds. The Kier molecular flexibility index (Phi) is 33.7. The second kappa shape index (κ2) is 34.5. The van der Waals surface area contributed by atoms with Crippen LogP contribution in [0.3, 0.4) is 0 Å². The van der Waals surface area contributed by atoms with Crippen molar-refractivity contribution in [2.75, 3.05) is 47.5 Å². The van der Waals surface area contributed by atoms with E-state index in [0.29, 0.717) is 23.9 Å². The van der Waals surface area contributed by atoms with Gasteiger partial charge in [0.15, 0.2) is 6.10 Å². The summed E-state index contributed by atoms with van der Waals surface area (Å²) in [4.78, 5) is 35.2. The minimum absolute atomic E-state index is 0.0330. The van der Waals surface area contributed by atoms with E-state index in [9.17, 15) is 19.0 Å². The number of nitrogens with zero attached hydrogens (tertiary/aromatic N) is 1.